The molecule has 2 aromatic rings. The van der Waals surface area contributed by atoms with Crippen molar-refractivity contribution in [3.05, 3.63) is 42.5 Å². The lowest BCUT2D eigenvalue weighted by Crippen LogP contribution is -2.45. The van der Waals surface area contributed by atoms with Crippen molar-refractivity contribution in [1.29, 1.82) is 0 Å². The number of hydrogen-bond donors (Lipinski definition) is 2. The number of carbonyl (C=O) groups excluding carboxylic acids is 2. The summed E-state index contributed by atoms with van der Waals surface area (Å²) >= 11 is 0. The Morgan fingerprint density at radius 3 is 2.21 bits per heavy atom. The second-order valence-electron chi connectivity index (χ2n) is 8.17. The van der Waals surface area contributed by atoms with Gasteiger partial charge < -0.3 is 20.1 Å². The smallest absolute Gasteiger partial charge is 0.243 e. The first-order chi connectivity index (χ1) is 16.2. The minimum atomic E-state index is -3.99. The van der Waals surface area contributed by atoms with Crippen LogP contribution in [0.5, 0.6) is 11.5 Å². The number of nitrogens with zero attached hydrogens (tertiary/aromatic N) is 1. The molecular formula is C24H31N3O6S. The van der Waals surface area contributed by atoms with Gasteiger partial charge in [0, 0.05) is 30.4 Å². The van der Waals surface area contributed by atoms with Gasteiger partial charge in [0.1, 0.15) is 0 Å². The fraction of sp³-hybridized carbons (Fsp3) is 0.417. The van der Waals surface area contributed by atoms with Gasteiger partial charge in [0.05, 0.1) is 25.7 Å². The van der Waals surface area contributed by atoms with Crippen LogP contribution in [0.1, 0.15) is 39.0 Å². The molecule has 2 amide bonds. The van der Waals surface area contributed by atoms with Crippen LogP contribution in [0.3, 0.4) is 0 Å². The number of carbonyl (C=O) groups is 2. The van der Waals surface area contributed by atoms with E-state index in [-0.39, 0.29) is 23.4 Å². The first kappa shape index (κ1) is 25.5. The molecule has 3 rings (SSSR count). The predicted octanol–water partition coefficient (Wildman–Crippen LogP) is 3.62. The number of ether oxygens (including phenoxy) is 2. The van der Waals surface area contributed by atoms with Crippen LogP contribution in [-0.4, -0.2) is 51.3 Å². The van der Waals surface area contributed by atoms with Crippen LogP contribution in [0.2, 0.25) is 0 Å². The molecule has 0 bridgehead atoms. The van der Waals surface area contributed by atoms with E-state index in [1.165, 1.54) is 37.6 Å². The van der Waals surface area contributed by atoms with Crippen LogP contribution in [0.4, 0.5) is 11.4 Å². The third-order valence-corrected chi connectivity index (χ3v) is 7.60. The fourth-order valence-corrected chi connectivity index (χ4v) is 5.77. The standard InChI is InChI=1S/C24H31N3O6S/c1-17(28)25-18-8-7-9-19(14-18)26-24(29)16-27(20-10-5-4-6-11-20)34(30,31)21-12-13-22(32-2)23(15-21)33-3/h7-9,12-15,20H,4-6,10-11,16H2,1-3H3,(H,25,28)(H,26,29). The summed E-state index contributed by atoms with van der Waals surface area (Å²) in [4.78, 5) is 24.3. The Labute approximate surface area is 200 Å². The van der Waals surface area contributed by atoms with E-state index in [9.17, 15) is 18.0 Å². The summed E-state index contributed by atoms with van der Waals surface area (Å²) in [6.07, 6.45) is 4.24. The lowest BCUT2D eigenvalue weighted by Gasteiger charge is -2.33. The van der Waals surface area contributed by atoms with Crippen molar-refractivity contribution in [2.45, 2.75) is 50.0 Å². The summed E-state index contributed by atoms with van der Waals surface area (Å²) in [5, 5.41) is 5.41. The van der Waals surface area contributed by atoms with E-state index >= 15 is 0 Å². The van der Waals surface area contributed by atoms with Gasteiger partial charge >= 0.3 is 0 Å². The summed E-state index contributed by atoms with van der Waals surface area (Å²) in [6, 6.07) is 10.8. The van der Waals surface area contributed by atoms with Crippen LogP contribution >= 0.6 is 0 Å². The molecule has 2 N–H and O–H groups in total. The molecule has 1 saturated carbocycles. The van der Waals surface area contributed by atoms with Gasteiger partial charge in [-0.05, 0) is 43.2 Å². The minimum absolute atomic E-state index is 0.0381. The Hall–Kier alpha value is -3.11. The first-order valence-electron chi connectivity index (χ1n) is 11.2. The van der Waals surface area contributed by atoms with Crippen molar-refractivity contribution in [2.75, 3.05) is 31.4 Å². The summed E-state index contributed by atoms with van der Waals surface area (Å²) in [5.41, 5.74) is 0.996. The molecule has 2 aromatic carbocycles. The van der Waals surface area contributed by atoms with Gasteiger partial charge in [-0.25, -0.2) is 8.42 Å². The third-order valence-electron chi connectivity index (χ3n) is 5.71. The molecule has 0 aromatic heterocycles. The van der Waals surface area contributed by atoms with Crippen LogP contribution in [-0.2, 0) is 19.6 Å². The molecular weight excluding hydrogens is 458 g/mol. The van der Waals surface area contributed by atoms with Crippen molar-refractivity contribution >= 4 is 33.2 Å². The molecule has 184 valence electrons. The van der Waals surface area contributed by atoms with Crippen molar-refractivity contribution in [2.24, 2.45) is 0 Å². The Bertz CT molecular complexity index is 1130. The molecule has 0 aliphatic heterocycles. The number of sulfonamides is 1. The van der Waals surface area contributed by atoms with Gasteiger partial charge in [-0.15, -0.1) is 0 Å². The Morgan fingerprint density at radius 2 is 1.59 bits per heavy atom. The second-order valence-corrected chi connectivity index (χ2v) is 10.1. The highest BCUT2D eigenvalue weighted by Gasteiger charge is 2.34. The number of amides is 2. The van der Waals surface area contributed by atoms with E-state index in [2.05, 4.69) is 10.6 Å². The van der Waals surface area contributed by atoms with E-state index < -0.39 is 15.9 Å². The van der Waals surface area contributed by atoms with Crippen LogP contribution in [0.25, 0.3) is 0 Å². The SMILES string of the molecule is COc1ccc(S(=O)(=O)N(CC(=O)Nc2cccc(NC(C)=O)c2)C2CCCCC2)cc1OC. The quantitative estimate of drug-likeness (QED) is 0.556. The molecule has 1 aliphatic rings. The summed E-state index contributed by atoms with van der Waals surface area (Å²) < 4.78 is 39.1. The van der Waals surface area contributed by atoms with E-state index in [0.717, 1.165) is 19.3 Å². The number of hydrogen-bond acceptors (Lipinski definition) is 6. The van der Waals surface area contributed by atoms with E-state index in [4.69, 9.17) is 9.47 Å². The second kappa shape index (κ2) is 11.3. The van der Waals surface area contributed by atoms with E-state index in [1.807, 2.05) is 0 Å². The molecule has 1 aliphatic carbocycles. The Balaban J connectivity index is 1.86. The molecule has 10 heteroatoms. The lowest BCUT2D eigenvalue weighted by atomic mass is 9.95. The molecule has 0 spiro atoms. The average Bonchev–Trinajstić information content (AvgIpc) is 2.82. The van der Waals surface area contributed by atoms with Crippen LogP contribution in [0.15, 0.2) is 47.4 Å². The molecule has 0 radical (unpaired) electrons. The summed E-state index contributed by atoms with van der Waals surface area (Å²) in [5.74, 6) is 0.0245. The van der Waals surface area contributed by atoms with Crippen molar-refractivity contribution in [3.63, 3.8) is 0 Å². The number of nitrogens with one attached hydrogen (secondary N) is 2. The van der Waals surface area contributed by atoms with Crippen molar-refractivity contribution in [3.8, 4) is 11.5 Å². The van der Waals surface area contributed by atoms with Crippen molar-refractivity contribution in [1.82, 2.24) is 4.31 Å². The summed E-state index contributed by atoms with van der Waals surface area (Å²) in [7, 11) is -1.07. The number of benzene rings is 2. The van der Waals surface area contributed by atoms with Crippen LogP contribution < -0.4 is 20.1 Å². The zero-order chi connectivity index (χ0) is 24.7. The minimum Gasteiger partial charge on any atom is -0.493 e. The maximum absolute atomic E-state index is 13.7. The highest BCUT2D eigenvalue weighted by Crippen LogP contribution is 2.33. The molecule has 0 atom stereocenters. The monoisotopic (exact) mass is 489 g/mol. The topological polar surface area (TPSA) is 114 Å². The Kier molecular flexibility index (Phi) is 8.51. The van der Waals surface area contributed by atoms with Gasteiger partial charge in [-0.3, -0.25) is 9.59 Å². The van der Waals surface area contributed by atoms with Gasteiger partial charge in [-0.2, -0.15) is 4.31 Å². The largest absolute Gasteiger partial charge is 0.493 e. The summed E-state index contributed by atoms with van der Waals surface area (Å²) in [6.45, 7) is 1.07. The van der Waals surface area contributed by atoms with Crippen molar-refractivity contribution < 1.29 is 27.5 Å². The third kappa shape index (κ3) is 6.27. The molecule has 1 fully saturated rings. The first-order valence-corrected chi connectivity index (χ1v) is 12.6. The van der Waals surface area contributed by atoms with E-state index in [0.29, 0.717) is 35.7 Å². The zero-order valence-electron chi connectivity index (χ0n) is 19.7. The van der Waals surface area contributed by atoms with Gasteiger partial charge in [0.2, 0.25) is 21.8 Å². The Morgan fingerprint density at radius 1 is 0.941 bits per heavy atom. The molecule has 0 heterocycles. The number of methoxy groups -OCH3 is 2. The fourth-order valence-electron chi connectivity index (χ4n) is 4.11. The maximum atomic E-state index is 13.7. The molecule has 34 heavy (non-hydrogen) atoms. The van der Waals surface area contributed by atoms with Crippen LogP contribution in [0, 0.1) is 0 Å². The number of rotatable bonds is 9. The highest BCUT2D eigenvalue weighted by atomic mass is 32.2. The number of anilines is 2. The molecule has 9 nitrogen and oxygen atoms in total. The van der Waals surface area contributed by atoms with E-state index in [1.54, 1.807) is 30.3 Å². The molecule has 0 saturated heterocycles. The van der Waals surface area contributed by atoms with Gasteiger partial charge in [-0.1, -0.05) is 25.3 Å². The molecule has 0 unspecified atom stereocenters. The normalized spacial score (nSPS) is 14.5. The zero-order valence-corrected chi connectivity index (χ0v) is 20.5. The average molecular weight is 490 g/mol. The lowest BCUT2D eigenvalue weighted by molar-refractivity contribution is -0.117. The maximum Gasteiger partial charge on any atom is 0.243 e. The highest BCUT2D eigenvalue weighted by molar-refractivity contribution is 7.89. The predicted molar refractivity (Wildman–Crippen MR) is 130 cm³/mol. The van der Waals surface area contributed by atoms with Gasteiger partial charge in [0.25, 0.3) is 0 Å². The van der Waals surface area contributed by atoms with Gasteiger partial charge in [0.15, 0.2) is 11.5 Å².